The molecule has 0 saturated heterocycles. The van der Waals surface area contributed by atoms with Crippen LogP contribution in [0, 0.1) is 27.7 Å². The smallest absolute Gasteiger partial charge is 0.255 e. The van der Waals surface area contributed by atoms with Gasteiger partial charge in [0.15, 0.2) is 0 Å². The molecule has 47 heavy (non-hydrogen) atoms. The summed E-state index contributed by atoms with van der Waals surface area (Å²) in [7, 11) is 3.95. The molecule has 246 valence electrons. The Morgan fingerprint density at radius 2 is 1.11 bits per heavy atom. The van der Waals surface area contributed by atoms with E-state index in [4.69, 9.17) is 0 Å². The van der Waals surface area contributed by atoms with Crippen LogP contribution in [0.15, 0.2) is 72.8 Å². The number of hydrogen-bond acceptors (Lipinski definition) is 3. The maximum absolute atomic E-state index is 13.3. The van der Waals surface area contributed by atoms with E-state index in [-0.39, 0.29) is 22.6 Å². The lowest BCUT2D eigenvalue weighted by Gasteiger charge is -2.40. The van der Waals surface area contributed by atoms with Crippen LogP contribution in [0.1, 0.15) is 113 Å². The Hall–Kier alpha value is -4.38. The number of nitrogens with one attached hydrogen (secondary N) is 2. The van der Waals surface area contributed by atoms with Gasteiger partial charge in [-0.05, 0) is 115 Å². The zero-order valence-corrected chi connectivity index (χ0v) is 29.7. The van der Waals surface area contributed by atoms with Gasteiger partial charge in [0.25, 0.3) is 11.8 Å². The van der Waals surface area contributed by atoms with Crippen LogP contribution in [0.2, 0.25) is 0 Å². The Labute approximate surface area is 281 Å². The molecule has 1 saturated carbocycles. The second-order valence-electron chi connectivity index (χ2n) is 14.8. The van der Waals surface area contributed by atoms with Crippen molar-refractivity contribution in [3.8, 4) is 0 Å². The monoisotopic (exact) mass is 629 g/mol. The highest BCUT2D eigenvalue weighted by Crippen LogP contribution is 2.47. The lowest BCUT2D eigenvalue weighted by atomic mass is 9.64. The molecule has 0 aromatic heterocycles. The number of hydrogen-bond donors (Lipinski definition) is 2. The summed E-state index contributed by atoms with van der Waals surface area (Å²) >= 11 is 0. The molecule has 0 unspecified atom stereocenters. The van der Waals surface area contributed by atoms with Gasteiger partial charge in [0, 0.05) is 47.7 Å². The van der Waals surface area contributed by atoms with E-state index < -0.39 is 0 Å². The van der Waals surface area contributed by atoms with E-state index in [9.17, 15) is 9.59 Å². The molecule has 2 amide bonds. The first-order chi connectivity index (χ1) is 22.2. The third kappa shape index (κ3) is 7.15. The molecule has 0 aliphatic heterocycles. The number of nitrogens with zero attached hydrogens (tertiary/aromatic N) is 1. The molecule has 1 fully saturated rings. The summed E-state index contributed by atoms with van der Waals surface area (Å²) in [5.41, 5.74) is 12.0. The van der Waals surface area contributed by atoms with Gasteiger partial charge in [-0.15, -0.1) is 0 Å². The number of rotatable bonds is 7. The third-order valence-corrected chi connectivity index (χ3v) is 9.99. The van der Waals surface area contributed by atoms with Gasteiger partial charge in [0.2, 0.25) is 0 Å². The largest absolute Gasteiger partial charge is 0.378 e. The Balaban J connectivity index is 1.44. The molecule has 2 N–H and O–H groups in total. The first kappa shape index (κ1) is 34.0. The van der Waals surface area contributed by atoms with Crippen molar-refractivity contribution in [1.29, 1.82) is 0 Å². The molecule has 5 heteroatoms. The molecule has 1 aliphatic rings. The summed E-state index contributed by atoms with van der Waals surface area (Å²) in [5.74, 6) is -0.192. The Bertz CT molecular complexity index is 1740. The topological polar surface area (TPSA) is 61.4 Å². The Morgan fingerprint density at radius 3 is 1.55 bits per heavy atom. The summed E-state index contributed by atoms with van der Waals surface area (Å²) in [4.78, 5) is 28.7. The molecule has 5 rings (SSSR count). The highest BCUT2D eigenvalue weighted by Gasteiger charge is 2.37. The predicted octanol–water partition coefficient (Wildman–Crippen LogP) is 10.0. The summed E-state index contributed by atoms with van der Waals surface area (Å²) in [6, 6.07) is 24.8. The number of aryl methyl sites for hydroxylation is 4. The van der Waals surface area contributed by atoms with Gasteiger partial charge in [-0.1, -0.05) is 82.5 Å². The number of carbonyl (C=O) groups excluding carboxylic acids is 2. The average Bonchev–Trinajstić information content (AvgIpc) is 3.04. The van der Waals surface area contributed by atoms with Crippen LogP contribution >= 0.6 is 0 Å². The first-order valence-corrected chi connectivity index (χ1v) is 16.9. The maximum atomic E-state index is 13.3. The Kier molecular flexibility index (Phi) is 9.68. The fourth-order valence-electron chi connectivity index (χ4n) is 7.19. The highest BCUT2D eigenvalue weighted by atomic mass is 16.2. The SMILES string of the molecule is Cc1cc(C2(c3cc(C)c(NC(=O)c4cccc(N(C)C)c4)c(C)c3)CCCCC2)cc(C)c1NC(=O)c1ccc(C(C)(C)C)cc1. The van der Waals surface area contributed by atoms with Crippen molar-refractivity contribution < 1.29 is 9.59 Å². The van der Waals surface area contributed by atoms with Gasteiger partial charge in [-0.2, -0.15) is 0 Å². The predicted molar refractivity (Wildman–Crippen MR) is 198 cm³/mol. The number of amides is 2. The molecule has 4 aromatic rings. The van der Waals surface area contributed by atoms with Crippen molar-refractivity contribution in [3.63, 3.8) is 0 Å². The lowest BCUT2D eigenvalue weighted by Crippen LogP contribution is -2.31. The van der Waals surface area contributed by atoms with Crippen LogP contribution in [0.3, 0.4) is 0 Å². The third-order valence-electron chi connectivity index (χ3n) is 9.99. The van der Waals surface area contributed by atoms with E-state index in [1.165, 1.54) is 36.0 Å². The van der Waals surface area contributed by atoms with Gasteiger partial charge < -0.3 is 15.5 Å². The summed E-state index contributed by atoms with van der Waals surface area (Å²) in [5, 5.41) is 6.43. The van der Waals surface area contributed by atoms with Gasteiger partial charge in [-0.25, -0.2) is 0 Å². The molecular formula is C42H51N3O2. The van der Waals surface area contributed by atoms with Crippen molar-refractivity contribution in [3.05, 3.63) is 123 Å². The molecule has 0 spiro atoms. The van der Waals surface area contributed by atoms with Crippen molar-refractivity contribution in [2.75, 3.05) is 29.6 Å². The summed E-state index contributed by atoms with van der Waals surface area (Å²) in [6.07, 6.45) is 5.71. The molecule has 4 aromatic carbocycles. The van der Waals surface area contributed by atoms with Gasteiger partial charge in [0.1, 0.15) is 0 Å². The number of anilines is 3. The fraction of sp³-hybridized carbons (Fsp3) is 0.381. The first-order valence-electron chi connectivity index (χ1n) is 16.9. The molecular weight excluding hydrogens is 578 g/mol. The van der Waals surface area contributed by atoms with Crippen LogP contribution < -0.4 is 15.5 Å². The van der Waals surface area contributed by atoms with Crippen LogP contribution in [0.5, 0.6) is 0 Å². The lowest BCUT2D eigenvalue weighted by molar-refractivity contribution is 0.101. The normalized spacial score (nSPS) is 14.4. The fourth-order valence-corrected chi connectivity index (χ4v) is 7.19. The minimum absolute atomic E-state index is 0.0386. The summed E-state index contributed by atoms with van der Waals surface area (Å²) in [6.45, 7) is 14.9. The number of carbonyl (C=O) groups is 2. The van der Waals surface area contributed by atoms with Crippen LogP contribution in [0.4, 0.5) is 17.1 Å². The van der Waals surface area contributed by atoms with Crippen molar-refractivity contribution >= 4 is 28.9 Å². The van der Waals surface area contributed by atoms with Crippen LogP contribution in [-0.2, 0) is 10.8 Å². The zero-order valence-electron chi connectivity index (χ0n) is 29.7. The molecule has 5 nitrogen and oxygen atoms in total. The van der Waals surface area contributed by atoms with Gasteiger partial charge in [0.05, 0.1) is 0 Å². The van der Waals surface area contributed by atoms with E-state index >= 15 is 0 Å². The van der Waals surface area contributed by atoms with E-state index in [1.54, 1.807) is 0 Å². The second-order valence-corrected chi connectivity index (χ2v) is 14.8. The highest BCUT2D eigenvalue weighted by molar-refractivity contribution is 6.06. The van der Waals surface area contributed by atoms with E-state index in [1.807, 2.05) is 67.5 Å². The van der Waals surface area contributed by atoms with Crippen molar-refractivity contribution in [2.45, 2.75) is 91.4 Å². The standard InChI is InChI=1S/C42H51N3O2/c1-27-22-34(23-28(2)37(27)43-39(46)31-16-18-33(19-17-31)41(5,6)7)42(20-11-10-12-21-42)35-24-29(3)38(30(4)25-35)44-40(47)32-14-13-15-36(26-32)45(8)9/h13-19,22-26H,10-12,20-21H2,1-9H3,(H,43,46)(H,44,47). The quantitative estimate of drug-likeness (QED) is 0.214. The van der Waals surface area contributed by atoms with Crippen molar-refractivity contribution in [1.82, 2.24) is 0 Å². The molecule has 0 heterocycles. The average molecular weight is 630 g/mol. The Morgan fingerprint density at radius 1 is 0.638 bits per heavy atom. The van der Waals surface area contributed by atoms with Crippen LogP contribution in [-0.4, -0.2) is 25.9 Å². The van der Waals surface area contributed by atoms with Gasteiger partial charge >= 0.3 is 0 Å². The molecule has 0 bridgehead atoms. The molecule has 0 radical (unpaired) electrons. The second kappa shape index (κ2) is 13.4. The minimum Gasteiger partial charge on any atom is -0.378 e. The molecule has 1 aliphatic carbocycles. The van der Waals surface area contributed by atoms with E-state index in [0.717, 1.165) is 52.2 Å². The number of benzene rings is 4. The van der Waals surface area contributed by atoms with Crippen LogP contribution in [0.25, 0.3) is 0 Å². The van der Waals surface area contributed by atoms with E-state index in [0.29, 0.717) is 11.1 Å². The molecule has 0 atom stereocenters. The van der Waals surface area contributed by atoms with E-state index in [2.05, 4.69) is 83.4 Å². The minimum atomic E-state index is -0.128. The van der Waals surface area contributed by atoms with Crippen molar-refractivity contribution in [2.24, 2.45) is 0 Å². The summed E-state index contributed by atoms with van der Waals surface area (Å²) < 4.78 is 0. The maximum Gasteiger partial charge on any atom is 0.255 e. The zero-order chi connectivity index (χ0) is 34.1. The van der Waals surface area contributed by atoms with Gasteiger partial charge in [-0.3, -0.25) is 9.59 Å².